The van der Waals surface area contributed by atoms with Crippen LogP contribution in [-0.2, 0) is 11.3 Å². The smallest absolute Gasteiger partial charge is 0.264 e. The van der Waals surface area contributed by atoms with E-state index in [4.69, 9.17) is 5.53 Å². The molecule has 0 spiro atoms. The van der Waals surface area contributed by atoms with E-state index in [0.29, 0.717) is 31.1 Å². The topological polar surface area (TPSA) is 89.4 Å². The molecule has 106 valence electrons. The van der Waals surface area contributed by atoms with Crippen molar-refractivity contribution in [1.29, 1.82) is 0 Å². The van der Waals surface area contributed by atoms with Crippen LogP contribution in [0.2, 0.25) is 0 Å². The van der Waals surface area contributed by atoms with Gasteiger partial charge in [-0.2, -0.15) is 0 Å². The van der Waals surface area contributed by atoms with Gasteiger partial charge in [0.1, 0.15) is 0 Å². The zero-order valence-corrected chi connectivity index (χ0v) is 12.0. The van der Waals surface area contributed by atoms with Crippen LogP contribution in [0.5, 0.6) is 0 Å². The first kappa shape index (κ1) is 14.4. The molecule has 20 heavy (non-hydrogen) atoms. The molecule has 1 aliphatic rings. The number of hydrogen-bond donors (Lipinski definition) is 0. The van der Waals surface area contributed by atoms with Crippen molar-refractivity contribution >= 4 is 23.2 Å². The summed E-state index contributed by atoms with van der Waals surface area (Å²) in [6.45, 7) is 4.09. The van der Waals surface area contributed by atoms with Crippen molar-refractivity contribution in [2.45, 2.75) is 13.5 Å². The fourth-order valence-corrected chi connectivity index (χ4v) is 2.95. The molecular formula is C12H15N5O2S. The molecule has 0 aromatic carbocycles. The molecule has 1 aromatic rings. The fraction of sp³-hybridized carbons (Fsp3) is 0.500. The average Bonchev–Trinajstić information content (AvgIpc) is 2.93. The monoisotopic (exact) mass is 293 g/mol. The zero-order valence-electron chi connectivity index (χ0n) is 11.2. The minimum absolute atomic E-state index is 0.0228. The van der Waals surface area contributed by atoms with Gasteiger partial charge < -0.3 is 9.80 Å². The zero-order chi connectivity index (χ0) is 14.5. The third-order valence-corrected chi connectivity index (χ3v) is 4.23. The van der Waals surface area contributed by atoms with E-state index in [1.165, 1.54) is 11.3 Å². The average molecular weight is 293 g/mol. The number of nitrogens with zero attached hydrogens (tertiary/aromatic N) is 5. The molecule has 0 unspecified atom stereocenters. The van der Waals surface area contributed by atoms with E-state index in [0.717, 1.165) is 4.88 Å². The van der Waals surface area contributed by atoms with Crippen LogP contribution in [0.3, 0.4) is 0 Å². The number of hydrogen-bond acceptors (Lipinski definition) is 4. The van der Waals surface area contributed by atoms with Crippen LogP contribution in [0.4, 0.5) is 0 Å². The number of amides is 2. The maximum absolute atomic E-state index is 12.3. The lowest BCUT2D eigenvalue weighted by atomic mass is 10.3. The molecule has 1 aliphatic heterocycles. The highest BCUT2D eigenvalue weighted by Gasteiger charge is 2.24. The highest BCUT2D eigenvalue weighted by atomic mass is 32.1. The number of carbonyl (C=O) groups is 2. The van der Waals surface area contributed by atoms with Gasteiger partial charge in [0.25, 0.3) is 5.91 Å². The predicted octanol–water partition coefficient (Wildman–Crippen LogP) is 1.86. The maximum Gasteiger partial charge on any atom is 0.264 e. The third-order valence-electron chi connectivity index (χ3n) is 3.17. The Morgan fingerprint density at radius 1 is 1.30 bits per heavy atom. The fourth-order valence-electron chi connectivity index (χ4n) is 2.06. The Morgan fingerprint density at radius 2 is 1.95 bits per heavy atom. The van der Waals surface area contributed by atoms with Crippen LogP contribution < -0.4 is 0 Å². The molecule has 8 heteroatoms. The molecule has 2 amide bonds. The molecule has 2 heterocycles. The Hall–Kier alpha value is -2.05. The SMILES string of the molecule is CC(=O)N1CCN(C(=O)c2ccc(CN=[N+]=[N-])s2)CC1. The summed E-state index contributed by atoms with van der Waals surface area (Å²) in [5.41, 5.74) is 8.27. The first-order chi connectivity index (χ1) is 9.61. The molecule has 1 saturated heterocycles. The Bertz CT molecular complexity index is 556. The van der Waals surface area contributed by atoms with Gasteiger partial charge in [-0.3, -0.25) is 9.59 Å². The van der Waals surface area contributed by atoms with Crippen LogP contribution in [0.1, 0.15) is 21.5 Å². The van der Waals surface area contributed by atoms with Crippen molar-refractivity contribution < 1.29 is 9.59 Å². The molecular weight excluding hydrogens is 278 g/mol. The van der Waals surface area contributed by atoms with Crippen LogP contribution >= 0.6 is 11.3 Å². The van der Waals surface area contributed by atoms with Crippen molar-refractivity contribution in [2.75, 3.05) is 26.2 Å². The van der Waals surface area contributed by atoms with Gasteiger partial charge in [-0.1, -0.05) is 5.11 Å². The minimum atomic E-state index is -0.0228. The normalized spacial score (nSPS) is 14.8. The van der Waals surface area contributed by atoms with Crippen LogP contribution in [0.25, 0.3) is 10.4 Å². The Balaban J connectivity index is 1.96. The van der Waals surface area contributed by atoms with Gasteiger partial charge in [0.05, 0.1) is 11.4 Å². The second-order valence-corrected chi connectivity index (χ2v) is 5.62. The van der Waals surface area contributed by atoms with E-state index in [1.807, 2.05) is 0 Å². The molecule has 0 bridgehead atoms. The predicted molar refractivity (Wildman–Crippen MR) is 75.3 cm³/mol. The Kier molecular flexibility index (Phi) is 4.60. The summed E-state index contributed by atoms with van der Waals surface area (Å²) < 4.78 is 0. The highest BCUT2D eigenvalue weighted by molar-refractivity contribution is 7.14. The minimum Gasteiger partial charge on any atom is -0.339 e. The highest BCUT2D eigenvalue weighted by Crippen LogP contribution is 2.20. The van der Waals surface area contributed by atoms with E-state index in [-0.39, 0.29) is 18.4 Å². The van der Waals surface area contributed by atoms with Gasteiger partial charge in [0.2, 0.25) is 5.91 Å². The number of azide groups is 1. The summed E-state index contributed by atoms with van der Waals surface area (Å²) in [5, 5.41) is 3.48. The molecule has 1 fully saturated rings. The lowest BCUT2D eigenvalue weighted by molar-refractivity contribution is -0.130. The molecule has 0 radical (unpaired) electrons. The lowest BCUT2D eigenvalue weighted by Crippen LogP contribution is -2.49. The summed E-state index contributed by atoms with van der Waals surface area (Å²) in [5.74, 6) is 0.0234. The van der Waals surface area contributed by atoms with Crippen molar-refractivity contribution in [1.82, 2.24) is 9.80 Å². The van der Waals surface area contributed by atoms with Gasteiger partial charge in [-0.05, 0) is 17.7 Å². The van der Waals surface area contributed by atoms with Gasteiger partial charge >= 0.3 is 0 Å². The third kappa shape index (κ3) is 3.28. The molecule has 1 aromatic heterocycles. The van der Waals surface area contributed by atoms with E-state index in [9.17, 15) is 9.59 Å². The maximum atomic E-state index is 12.3. The molecule has 0 aliphatic carbocycles. The summed E-state index contributed by atoms with van der Waals surface area (Å²) in [6, 6.07) is 3.56. The molecule has 0 atom stereocenters. The summed E-state index contributed by atoms with van der Waals surface area (Å²) in [6.07, 6.45) is 0. The number of piperazine rings is 1. The lowest BCUT2D eigenvalue weighted by Gasteiger charge is -2.33. The van der Waals surface area contributed by atoms with Crippen molar-refractivity contribution in [2.24, 2.45) is 5.11 Å². The first-order valence-corrected chi connectivity index (χ1v) is 7.08. The van der Waals surface area contributed by atoms with E-state index in [2.05, 4.69) is 10.0 Å². The quantitative estimate of drug-likeness (QED) is 0.483. The van der Waals surface area contributed by atoms with E-state index >= 15 is 0 Å². The second kappa shape index (κ2) is 6.40. The van der Waals surface area contributed by atoms with E-state index in [1.54, 1.807) is 28.9 Å². The van der Waals surface area contributed by atoms with Gasteiger partial charge in [0.15, 0.2) is 0 Å². The first-order valence-electron chi connectivity index (χ1n) is 6.26. The van der Waals surface area contributed by atoms with Gasteiger partial charge in [0, 0.05) is 42.9 Å². The van der Waals surface area contributed by atoms with Crippen LogP contribution in [0, 0.1) is 0 Å². The molecule has 0 saturated carbocycles. The summed E-state index contributed by atoms with van der Waals surface area (Å²) in [4.78, 5) is 31.2. The molecule has 2 rings (SSSR count). The molecule has 0 N–H and O–H groups in total. The second-order valence-electron chi connectivity index (χ2n) is 4.45. The summed E-state index contributed by atoms with van der Waals surface area (Å²) >= 11 is 1.35. The van der Waals surface area contributed by atoms with Gasteiger partial charge in [-0.15, -0.1) is 11.3 Å². The number of thiophene rings is 1. The largest absolute Gasteiger partial charge is 0.339 e. The Labute approximate surface area is 120 Å². The van der Waals surface area contributed by atoms with Gasteiger partial charge in [-0.25, -0.2) is 0 Å². The number of carbonyl (C=O) groups excluding carboxylic acids is 2. The van der Waals surface area contributed by atoms with Crippen molar-refractivity contribution in [3.63, 3.8) is 0 Å². The Morgan fingerprint density at radius 3 is 2.55 bits per heavy atom. The summed E-state index contributed by atoms with van der Waals surface area (Å²) in [7, 11) is 0. The van der Waals surface area contributed by atoms with Crippen LogP contribution in [0.15, 0.2) is 17.2 Å². The molecule has 7 nitrogen and oxygen atoms in total. The van der Waals surface area contributed by atoms with Crippen molar-refractivity contribution in [3.8, 4) is 0 Å². The standard InChI is InChI=1S/C12H15N5O2S/c1-9(18)16-4-6-17(7-5-16)12(19)11-3-2-10(20-11)8-14-15-13/h2-3H,4-8H2,1H3. The van der Waals surface area contributed by atoms with Crippen LogP contribution in [-0.4, -0.2) is 47.8 Å². The number of rotatable bonds is 3. The van der Waals surface area contributed by atoms with Crippen molar-refractivity contribution in [3.05, 3.63) is 32.3 Å². The van der Waals surface area contributed by atoms with E-state index < -0.39 is 0 Å².